The van der Waals surface area contributed by atoms with Gasteiger partial charge in [0.15, 0.2) is 5.58 Å². The molecule has 1 aliphatic rings. The van der Waals surface area contributed by atoms with Crippen molar-refractivity contribution in [2.75, 3.05) is 23.9 Å². The van der Waals surface area contributed by atoms with Crippen LogP contribution in [0.3, 0.4) is 0 Å². The maximum Gasteiger partial charge on any atom is 0.323 e. The first kappa shape index (κ1) is 8.55. The van der Waals surface area contributed by atoms with E-state index in [0.717, 1.165) is 25.1 Å². The van der Waals surface area contributed by atoms with Gasteiger partial charge in [-0.2, -0.15) is 4.98 Å². The van der Waals surface area contributed by atoms with Crippen LogP contribution in [0.15, 0.2) is 22.6 Å². The summed E-state index contributed by atoms with van der Waals surface area (Å²) in [5.41, 5.74) is 7.82. The van der Waals surface area contributed by atoms with E-state index in [-0.39, 0.29) is 0 Å². The summed E-state index contributed by atoms with van der Waals surface area (Å²) in [5, 5.41) is 1.68. The van der Waals surface area contributed by atoms with Crippen molar-refractivity contribution in [2.45, 2.75) is 6.42 Å². The number of oxazole rings is 1. The summed E-state index contributed by atoms with van der Waals surface area (Å²) < 4.78 is 5.54. The topological polar surface area (TPSA) is 64.5 Å². The molecule has 78 valence electrons. The average molecular weight is 205 g/mol. The van der Waals surface area contributed by atoms with Crippen LogP contribution in [0.25, 0.3) is 11.1 Å². The van der Waals surface area contributed by atoms with Gasteiger partial charge in [0.2, 0.25) is 0 Å². The molecule has 1 aromatic heterocycles. The molecule has 0 unspecified atom stereocenters. The van der Waals surface area contributed by atoms with Gasteiger partial charge >= 0.3 is 6.01 Å². The lowest BCUT2D eigenvalue weighted by atomic mass is 10.3. The standard InChI is InChI=1S/C10H11N3O2/c11-7-2-3-8-9(6-7)15-10(12-8)13-4-1-5-14-13/h2-3,6H,1,4-5,11H2. The molecule has 1 saturated heterocycles. The first-order valence-electron chi connectivity index (χ1n) is 4.89. The predicted octanol–water partition coefficient (Wildman–Crippen LogP) is 1.55. The fourth-order valence-corrected chi connectivity index (χ4v) is 1.63. The maximum absolute atomic E-state index is 5.65. The highest BCUT2D eigenvalue weighted by Crippen LogP contribution is 2.25. The molecule has 0 amide bonds. The number of fused-ring (bicyclic) bond motifs is 1. The molecule has 0 bridgehead atoms. The Labute approximate surface area is 86.4 Å². The summed E-state index contributed by atoms with van der Waals surface area (Å²) in [5.74, 6) is 0. The van der Waals surface area contributed by atoms with E-state index in [1.165, 1.54) is 0 Å². The van der Waals surface area contributed by atoms with Gasteiger partial charge in [-0.05, 0) is 18.6 Å². The van der Waals surface area contributed by atoms with Gasteiger partial charge in [0.25, 0.3) is 0 Å². The fraction of sp³-hybridized carbons (Fsp3) is 0.300. The van der Waals surface area contributed by atoms with E-state index >= 15 is 0 Å². The van der Waals surface area contributed by atoms with Crippen LogP contribution in [0.4, 0.5) is 11.7 Å². The molecule has 1 fully saturated rings. The SMILES string of the molecule is Nc1ccc2nc(N3CCCO3)oc2c1. The highest BCUT2D eigenvalue weighted by atomic mass is 16.7. The van der Waals surface area contributed by atoms with Crippen molar-refractivity contribution >= 4 is 22.8 Å². The third-order valence-corrected chi connectivity index (χ3v) is 2.37. The minimum atomic E-state index is 0.508. The van der Waals surface area contributed by atoms with Crippen LogP contribution in [-0.2, 0) is 4.84 Å². The van der Waals surface area contributed by atoms with Crippen molar-refractivity contribution in [3.8, 4) is 0 Å². The Hall–Kier alpha value is -1.75. The summed E-state index contributed by atoms with van der Waals surface area (Å²) in [4.78, 5) is 9.66. The second-order valence-corrected chi connectivity index (χ2v) is 3.51. The Morgan fingerprint density at radius 3 is 3.13 bits per heavy atom. The second kappa shape index (κ2) is 3.13. The van der Waals surface area contributed by atoms with E-state index in [4.69, 9.17) is 15.0 Å². The molecular weight excluding hydrogens is 194 g/mol. The van der Waals surface area contributed by atoms with Gasteiger partial charge in [0.05, 0.1) is 13.2 Å². The smallest absolute Gasteiger partial charge is 0.323 e. The van der Waals surface area contributed by atoms with Crippen LogP contribution in [0, 0.1) is 0 Å². The zero-order chi connectivity index (χ0) is 10.3. The molecule has 0 atom stereocenters. The average Bonchev–Trinajstić information content (AvgIpc) is 2.84. The van der Waals surface area contributed by atoms with Gasteiger partial charge in [0.1, 0.15) is 5.52 Å². The number of rotatable bonds is 1. The quantitative estimate of drug-likeness (QED) is 0.715. The van der Waals surface area contributed by atoms with Crippen molar-refractivity contribution < 1.29 is 9.25 Å². The number of hydrogen-bond acceptors (Lipinski definition) is 5. The Bertz CT molecular complexity index is 488. The maximum atomic E-state index is 5.65. The Balaban J connectivity index is 2.05. The third kappa shape index (κ3) is 1.41. The molecule has 1 aliphatic heterocycles. The lowest BCUT2D eigenvalue weighted by Gasteiger charge is -2.08. The van der Waals surface area contributed by atoms with Gasteiger partial charge in [-0.15, -0.1) is 0 Å². The fourth-order valence-electron chi connectivity index (χ4n) is 1.63. The van der Waals surface area contributed by atoms with E-state index in [9.17, 15) is 0 Å². The highest BCUT2D eigenvalue weighted by molar-refractivity contribution is 5.78. The molecule has 2 aromatic rings. The van der Waals surface area contributed by atoms with E-state index in [2.05, 4.69) is 4.98 Å². The Kier molecular flexibility index (Phi) is 1.78. The van der Waals surface area contributed by atoms with Crippen LogP contribution in [0.1, 0.15) is 6.42 Å². The minimum absolute atomic E-state index is 0.508. The van der Waals surface area contributed by atoms with Gasteiger partial charge in [-0.3, -0.25) is 4.84 Å². The number of anilines is 2. The largest absolute Gasteiger partial charge is 0.422 e. The van der Waals surface area contributed by atoms with Crippen molar-refractivity contribution in [1.82, 2.24) is 4.98 Å². The molecule has 15 heavy (non-hydrogen) atoms. The van der Waals surface area contributed by atoms with Crippen LogP contribution in [0.2, 0.25) is 0 Å². The van der Waals surface area contributed by atoms with E-state index in [1.54, 1.807) is 17.2 Å². The minimum Gasteiger partial charge on any atom is -0.422 e. The van der Waals surface area contributed by atoms with Crippen molar-refractivity contribution in [3.63, 3.8) is 0 Å². The summed E-state index contributed by atoms with van der Waals surface area (Å²) in [6.45, 7) is 1.54. The number of nitrogens with zero attached hydrogens (tertiary/aromatic N) is 2. The molecule has 3 rings (SSSR count). The summed E-state index contributed by atoms with van der Waals surface area (Å²) in [7, 11) is 0. The summed E-state index contributed by atoms with van der Waals surface area (Å²) in [6.07, 6.45) is 1.00. The third-order valence-electron chi connectivity index (χ3n) is 2.37. The number of nitrogens with two attached hydrogens (primary N) is 1. The van der Waals surface area contributed by atoms with Crippen molar-refractivity contribution in [3.05, 3.63) is 18.2 Å². The monoisotopic (exact) mass is 205 g/mol. The number of nitrogen functional groups attached to an aromatic ring is 1. The molecule has 0 spiro atoms. The lowest BCUT2D eigenvalue weighted by molar-refractivity contribution is 0.155. The number of aromatic nitrogens is 1. The first-order valence-corrected chi connectivity index (χ1v) is 4.89. The molecule has 2 N–H and O–H groups in total. The molecule has 5 heteroatoms. The molecule has 2 heterocycles. The normalized spacial score (nSPS) is 16.4. The van der Waals surface area contributed by atoms with Crippen LogP contribution in [-0.4, -0.2) is 18.1 Å². The van der Waals surface area contributed by atoms with Crippen molar-refractivity contribution in [1.29, 1.82) is 0 Å². The predicted molar refractivity (Wildman–Crippen MR) is 56.3 cm³/mol. The number of hydroxylamine groups is 1. The van der Waals surface area contributed by atoms with Crippen LogP contribution < -0.4 is 10.8 Å². The van der Waals surface area contributed by atoms with Crippen LogP contribution in [0.5, 0.6) is 0 Å². The molecule has 0 radical (unpaired) electrons. The molecule has 0 saturated carbocycles. The molecular formula is C10H11N3O2. The van der Waals surface area contributed by atoms with E-state index in [0.29, 0.717) is 17.3 Å². The molecule has 1 aromatic carbocycles. The highest BCUT2D eigenvalue weighted by Gasteiger charge is 2.19. The zero-order valence-electron chi connectivity index (χ0n) is 8.14. The Morgan fingerprint density at radius 1 is 1.40 bits per heavy atom. The Morgan fingerprint density at radius 2 is 2.33 bits per heavy atom. The summed E-state index contributed by atoms with van der Waals surface area (Å²) >= 11 is 0. The number of benzene rings is 1. The van der Waals surface area contributed by atoms with E-state index < -0.39 is 0 Å². The first-order chi connectivity index (χ1) is 7.33. The molecule has 0 aliphatic carbocycles. The zero-order valence-corrected chi connectivity index (χ0v) is 8.14. The van der Waals surface area contributed by atoms with Gasteiger partial charge < -0.3 is 10.2 Å². The van der Waals surface area contributed by atoms with Crippen molar-refractivity contribution in [2.24, 2.45) is 0 Å². The van der Waals surface area contributed by atoms with Gasteiger partial charge in [-0.25, -0.2) is 5.06 Å². The van der Waals surface area contributed by atoms with Gasteiger partial charge in [0, 0.05) is 11.8 Å². The number of hydrogen-bond donors (Lipinski definition) is 1. The lowest BCUT2D eigenvalue weighted by Crippen LogP contribution is -2.15. The molecule has 5 nitrogen and oxygen atoms in total. The second-order valence-electron chi connectivity index (χ2n) is 3.51. The van der Waals surface area contributed by atoms with Gasteiger partial charge in [-0.1, -0.05) is 0 Å². The van der Waals surface area contributed by atoms with E-state index in [1.807, 2.05) is 6.07 Å². The van der Waals surface area contributed by atoms with Crippen LogP contribution >= 0.6 is 0 Å². The summed E-state index contributed by atoms with van der Waals surface area (Å²) in [6, 6.07) is 5.92.